The van der Waals surface area contributed by atoms with Crippen molar-refractivity contribution in [1.29, 1.82) is 0 Å². The second-order valence-corrected chi connectivity index (χ2v) is 5.66. The van der Waals surface area contributed by atoms with Gasteiger partial charge in [-0.2, -0.15) is 0 Å². The highest BCUT2D eigenvalue weighted by atomic mass is 79.9. The molecule has 0 radical (unpaired) electrons. The molecular weight excluding hydrogens is 281 g/mol. The largest absolute Gasteiger partial charge is 0.314 e. The molecule has 0 spiro atoms. The van der Waals surface area contributed by atoms with Gasteiger partial charge in [-0.1, -0.05) is 19.4 Å². The Morgan fingerprint density at radius 2 is 2.24 bits per heavy atom. The molecule has 0 heterocycles. The van der Waals surface area contributed by atoms with Crippen molar-refractivity contribution in [2.45, 2.75) is 38.6 Å². The summed E-state index contributed by atoms with van der Waals surface area (Å²) in [5, 5.41) is 3.56. The van der Waals surface area contributed by atoms with Gasteiger partial charge in [-0.15, -0.1) is 0 Å². The summed E-state index contributed by atoms with van der Waals surface area (Å²) >= 11 is 3.25. The van der Waals surface area contributed by atoms with Gasteiger partial charge in [-0.25, -0.2) is 4.39 Å². The minimum absolute atomic E-state index is 0.183. The van der Waals surface area contributed by atoms with E-state index in [2.05, 4.69) is 28.2 Å². The highest BCUT2D eigenvalue weighted by Crippen LogP contribution is 2.31. The van der Waals surface area contributed by atoms with Gasteiger partial charge in [-0.05, 0) is 65.4 Å². The van der Waals surface area contributed by atoms with Crippen molar-refractivity contribution in [3.8, 4) is 0 Å². The Balaban J connectivity index is 2.02. The number of rotatable bonds is 5. The van der Waals surface area contributed by atoms with Crippen LogP contribution in [0.5, 0.6) is 0 Å². The van der Waals surface area contributed by atoms with Gasteiger partial charge in [-0.3, -0.25) is 0 Å². The zero-order valence-corrected chi connectivity index (χ0v) is 11.8. The molecule has 2 rings (SSSR count). The highest BCUT2D eigenvalue weighted by Gasteiger charge is 2.26. The van der Waals surface area contributed by atoms with Crippen molar-refractivity contribution in [2.24, 2.45) is 5.92 Å². The van der Waals surface area contributed by atoms with Crippen LogP contribution in [0.3, 0.4) is 0 Å². The first-order valence-corrected chi connectivity index (χ1v) is 7.17. The summed E-state index contributed by atoms with van der Waals surface area (Å²) in [6.07, 6.45) is 5.02. The van der Waals surface area contributed by atoms with Crippen LogP contribution in [0.15, 0.2) is 22.7 Å². The molecule has 1 aliphatic rings. The van der Waals surface area contributed by atoms with E-state index >= 15 is 0 Å². The lowest BCUT2D eigenvalue weighted by atomic mass is 9.77. The van der Waals surface area contributed by atoms with E-state index in [9.17, 15) is 4.39 Å². The molecular formula is C14H19BrFN. The van der Waals surface area contributed by atoms with Gasteiger partial charge in [0.05, 0.1) is 4.47 Å². The van der Waals surface area contributed by atoms with E-state index in [0.717, 1.165) is 18.9 Å². The lowest BCUT2D eigenvalue weighted by Crippen LogP contribution is -2.41. The molecule has 17 heavy (non-hydrogen) atoms. The fraction of sp³-hybridized carbons (Fsp3) is 0.571. The molecule has 94 valence electrons. The average Bonchev–Trinajstić information content (AvgIpc) is 2.21. The lowest BCUT2D eigenvalue weighted by Gasteiger charge is -2.34. The molecule has 1 aliphatic carbocycles. The Bertz CT molecular complexity index is 376. The molecule has 0 saturated heterocycles. The summed E-state index contributed by atoms with van der Waals surface area (Å²) in [5.74, 6) is 0.621. The third kappa shape index (κ3) is 3.29. The van der Waals surface area contributed by atoms with Crippen LogP contribution < -0.4 is 5.32 Å². The molecule has 1 fully saturated rings. The Morgan fingerprint density at radius 1 is 1.47 bits per heavy atom. The Kier molecular flexibility index (Phi) is 4.57. The average molecular weight is 300 g/mol. The Morgan fingerprint density at radius 3 is 2.76 bits per heavy atom. The van der Waals surface area contributed by atoms with Crippen molar-refractivity contribution in [3.63, 3.8) is 0 Å². The molecule has 3 heteroatoms. The fourth-order valence-corrected chi connectivity index (χ4v) is 2.86. The first-order chi connectivity index (χ1) is 8.20. The maximum absolute atomic E-state index is 13.2. The Labute approximate surface area is 111 Å². The predicted molar refractivity (Wildman–Crippen MR) is 72.6 cm³/mol. The van der Waals surface area contributed by atoms with Gasteiger partial charge in [0.2, 0.25) is 0 Å². The van der Waals surface area contributed by atoms with E-state index in [1.807, 2.05) is 12.1 Å². The van der Waals surface area contributed by atoms with Crippen LogP contribution in [0.25, 0.3) is 0 Å². The van der Waals surface area contributed by atoms with Crippen molar-refractivity contribution in [1.82, 2.24) is 5.32 Å². The minimum Gasteiger partial charge on any atom is -0.314 e. The molecule has 1 N–H and O–H groups in total. The standard InChI is InChI=1S/C14H19BrFN/c1-2-17-14(11-4-3-5-11)9-10-6-7-13(16)12(15)8-10/h6-8,11,14,17H,2-5,9H2,1H3. The Hall–Kier alpha value is -0.410. The molecule has 1 atom stereocenters. The fourth-order valence-electron chi connectivity index (χ4n) is 2.43. The predicted octanol–water partition coefficient (Wildman–Crippen LogP) is 3.91. The van der Waals surface area contributed by atoms with Crippen LogP contribution in [-0.4, -0.2) is 12.6 Å². The van der Waals surface area contributed by atoms with Gasteiger partial charge < -0.3 is 5.32 Å². The monoisotopic (exact) mass is 299 g/mol. The van der Waals surface area contributed by atoms with Crippen molar-refractivity contribution < 1.29 is 4.39 Å². The number of likely N-dealkylation sites (N-methyl/N-ethyl adjacent to an activating group) is 1. The normalized spacial score (nSPS) is 17.8. The zero-order chi connectivity index (χ0) is 12.3. The van der Waals surface area contributed by atoms with Crippen molar-refractivity contribution >= 4 is 15.9 Å². The van der Waals surface area contributed by atoms with E-state index in [1.165, 1.54) is 24.8 Å². The summed E-state index contributed by atoms with van der Waals surface area (Å²) in [5.41, 5.74) is 1.20. The van der Waals surface area contributed by atoms with Gasteiger partial charge in [0.1, 0.15) is 5.82 Å². The number of halogens is 2. The summed E-state index contributed by atoms with van der Waals surface area (Å²) in [6, 6.07) is 5.89. The van der Waals surface area contributed by atoms with E-state index in [4.69, 9.17) is 0 Å². The molecule has 1 aromatic carbocycles. The van der Waals surface area contributed by atoms with Gasteiger partial charge in [0.15, 0.2) is 0 Å². The number of hydrogen-bond donors (Lipinski definition) is 1. The van der Waals surface area contributed by atoms with Crippen LogP contribution in [0.1, 0.15) is 31.7 Å². The third-order valence-corrected chi connectivity index (χ3v) is 4.23. The van der Waals surface area contributed by atoms with Gasteiger partial charge in [0, 0.05) is 6.04 Å². The summed E-state index contributed by atoms with van der Waals surface area (Å²) in [7, 11) is 0. The van der Waals surface area contributed by atoms with Crippen LogP contribution in [0.2, 0.25) is 0 Å². The minimum atomic E-state index is -0.183. The second kappa shape index (κ2) is 5.96. The SMILES string of the molecule is CCNC(Cc1ccc(F)c(Br)c1)C1CCC1. The molecule has 1 saturated carbocycles. The summed E-state index contributed by atoms with van der Waals surface area (Å²) in [4.78, 5) is 0. The summed E-state index contributed by atoms with van der Waals surface area (Å²) in [6.45, 7) is 3.15. The molecule has 1 nitrogen and oxygen atoms in total. The number of benzene rings is 1. The molecule has 1 unspecified atom stereocenters. The van der Waals surface area contributed by atoms with Crippen LogP contribution in [0.4, 0.5) is 4.39 Å². The number of nitrogens with one attached hydrogen (secondary N) is 1. The van der Waals surface area contributed by atoms with Crippen LogP contribution in [0, 0.1) is 11.7 Å². The lowest BCUT2D eigenvalue weighted by molar-refractivity contribution is 0.229. The van der Waals surface area contributed by atoms with Crippen LogP contribution in [-0.2, 0) is 6.42 Å². The van der Waals surface area contributed by atoms with E-state index in [-0.39, 0.29) is 5.82 Å². The molecule has 0 aliphatic heterocycles. The first-order valence-electron chi connectivity index (χ1n) is 6.38. The summed E-state index contributed by atoms with van der Waals surface area (Å²) < 4.78 is 13.7. The molecule has 1 aromatic rings. The zero-order valence-electron chi connectivity index (χ0n) is 10.2. The van der Waals surface area contributed by atoms with Gasteiger partial charge >= 0.3 is 0 Å². The number of hydrogen-bond acceptors (Lipinski definition) is 1. The smallest absolute Gasteiger partial charge is 0.137 e. The van der Waals surface area contributed by atoms with Crippen molar-refractivity contribution in [2.75, 3.05) is 6.54 Å². The van der Waals surface area contributed by atoms with Crippen LogP contribution >= 0.6 is 15.9 Å². The van der Waals surface area contributed by atoms with Gasteiger partial charge in [0.25, 0.3) is 0 Å². The first kappa shape index (κ1) is 13.0. The second-order valence-electron chi connectivity index (χ2n) is 4.81. The third-order valence-electron chi connectivity index (χ3n) is 3.62. The highest BCUT2D eigenvalue weighted by molar-refractivity contribution is 9.10. The molecule has 0 bridgehead atoms. The van der Waals surface area contributed by atoms with Crippen molar-refractivity contribution in [3.05, 3.63) is 34.1 Å². The molecule has 0 aromatic heterocycles. The maximum atomic E-state index is 13.2. The maximum Gasteiger partial charge on any atom is 0.137 e. The van der Waals surface area contributed by atoms with E-state index in [1.54, 1.807) is 6.07 Å². The topological polar surface area (TPSA) is 12.0 Å². The quantitative estimate of drug-likeness (QED) is 0.869. The van der Waals surface area contributed by atoms with E-state index in [0.29, 0.717) is 10.5 Å². The molecule has 0 amide bonds. The van der Waals surface area contributed by atoms with E-state index < -0.39 is 0 Å².